The normalized spacial score (nSPS) is 34.9. The van der Waals surface area contributed by atoms with Crippen molar-refractivity contribution in [3.05, 3.63) is 0 Å². The number of rotatable bonds is 28. The number of fused-ring (bicyclic) bond motifs is 5. The van der Waals surface area contributed by atoms with Gasteiger partial charge in [-0.25, -0.2) is 0 Å². The van der Waals surface area contributed by atoms with Crippen molar-refractivity contribution in [1.29, 1.82) is 0 Å². The number of ether oxygens (including phenoxy) is 3. The summed E-state index contributed by atoms with van der Waals surface area (Å²) in [5.41, 5.74) is 18.3. The van der Waals surface area contributed by atoms with E-state index in [1.807, 2.05) is 0 Å². The zero-order chi connectivity index (χ0) is 37.2. The molecular weight excluding hydrogens is 645 g/mol. The molecule has 0 spiro atoms. The van der Waals surface area contributed by atoms with E-state index in [0.717, 1.165) is 52.0 Å². The third-order valence-corrected chi connectivity index (χ3v) is 15.2. The van der Waals surface area contributed by atoms with Crippen molar-refractivity contribution in [2.45, 2.75) is 187 Å². The fourth-order valence-corrected chi connectivity index (χ4v) is 12.2. The van der Waals surface area contributed by atoms with Crippen LogP contribution in [-0.2, 0) is 14.2 Å². The van der Waals surface area contributed by atoms with E-state index in [0.29, 0.717) is 78.9 Å². The van der Waals surface area contributed by atoms with Crippen LogP contribution in [-0.4, -0.2) is 70.9 Å². The maximum atomic E-state index is 7.06. The van der Waals surface area contributed by atoms with Gasteiger partial charge in [0.05, 0.1) is 18.3 Å². The Morgan fingerprint density at radius 1 is 0.654 bits per heavy atom. The minimum atomic E-state index is 0.180. The summed E-state index contributed by atoms with van der Waals surface area (Å²) < 4.78 is 20.4. The van der Waals surface area contributed by atoms with Crippen LogP contribution in [0.2, 0.25) is 0 Å². The van der Waals surface area contributed by atoms with Crippen molar-refractivity contribution in [3.8, 4) is 0 Å². The van der Waals surface area contributed by atoms with Crippen molar-refractivity contribution in [1.82, 2.24) is 5.32 Å². The maximum absolute atomic E-state index is 7.06. The van der Waals surface area contributed by atoms with Gasteiger partial charge in [0.15, 0.2) is 0 Å². The van der Waals surface area contributed by atoms with Crippen LogP contribution in [0.4, 0.5) is 0 Å². The lowest BCUT2D eigenvalue weighted by molar-refractivity contribution is -0.227. The van der Waals surface area contributed by atoms with Crippen LogP contribution >= 0.6 is 0 Å². The quantitative estimate of drug-likeness (QED) is 0.0594. The van der Waals surface area contributed by atoms with Crippen LogP contribution in [0.15, 0.2) is 0 Å². The van der Waals surface area contributed by atoms with Gasteiger partial charge in [0.2, 0.25) is 0 Å². The smallest absolute Gasteiger partial charge is 0.0637 e. The molecule has 4 unspecified atom stereocenters. The van der Waals surface area contributed by atoms with Crippen LogP contribution in [0, 0.1) is 46.3 Å². The molecule has 7 nitrogen and oxygen atoms in total. The van der Waals surface area contributed by atoms with Gasteiger partial charge in [0.1, 0.15) is 0 Å². The summed E-state index contributed by atoms with van der Waals surface area (Å²) in [7, 11) is 0. The van der Waals surface area contributed by atoms with Gasteiger partial charge in [-0.15, -0.1) is 0 Å². The minimum Gasteiger partial charge on any atom is -0.378 e. The second kappa shape index (κ2) is 23.7. The molecule has 11 atom stereocenters. The summed E-state index contributed by atoms with van der Waals surface area (Å²) in [5.74, 6) is 3.92. The lowest BCUT2D eigenvalue weighted by atomic mass is 9.43. The molecule has 4 fully saturated rings. The van der Waals surface area contributed by atoms with E-state index >= 15 is 0 Å². The van der Waals surface area contributed by atoms with Gasteiger partial charge in [-0.2, -0.15) is 0 Å². The average molecular weight is 733 g/mol. The van der Waals surface area contributed by atoms with Crippen LogP contribution in [0.5, 0.6) is 0 Å². The molecule has 0 aromatic carbocycles. The number of hydrogen-bond acceptors (Lipinski definition) is 7. The van der Waals surface area contributed by atoms with E-state index in [-0.39, 0.29) is 5.41 Å². The third-order valence-electron chi connectivity index (χ3n) is 15.2. The van der Waals surface area contributed by atoms with Gasteiger partial charge in [0, 0.05) is 25.2 Å². The van der Waals surface area contributed by atoms with Crippen molar-refractivity contribution in [2.75, 3.05) is 52.5 Å². The minimum absolute atomic E-state index is 0.180. The first-order chi connectivity index (χ1) is 25.3. The number of nitrogens with two attached hydrogens (primary N) is 3. The molecule has 0 heterocycles. The molecule has 4 saturated carbocycles. The van der Waals surface area contributed by atoms with Crippen molar-refractivity contribution >= 4 is 0 Å². The van der Waals surface area contributed by atoms with Crippen molar-refractivity contribution < 1.29 is 14.2 Å². The van der Waals surface area contributed by atoms with E-state index in [1.165, 1.54) is 122 Å². The standard InChI is InChI=1S/C45H88N4O3/c1-5-6-7-8-9-10-11-12-13-14-27-49-28-15-19-35(2)38-20-21-39-43-40(34-42(45(38,39)4)52-31-18-26-48)44(3)23-22-37(50-29-16-24-46)32-36(44)33-41(43)51-30-17-25-47/h35-43,49H,5-34,46-48H2,1-4H3/t35?,36?,37-,38-,39+,40+,41?,42+,43?,44+,45-/m1/s1. The van der Waals surface area contributed by atoms with E-state index in [4.69, 9.17) is 31.4 Å². The van der Waals surface area contributed by atoms with Gasteiger partial charge >= 0.3 is 0 Å². The van der Waals surface area contributed by atoms with E-state index in [1.54, 1.807) is 0 Å². The zero-order valence-electron chi connectivity index (χ0n) is 34.9. The summed E-state index contributed by atoms with van der Waals surface area (Å²) in [6, 6.07) is 0. The molecule has 4 rings (SSSR count). The van der Waals surface area contributed by atoms with Crippen LogP contribution in [0.25, 0.3) is 0 Å². The summed E-state index contributed by atoms with van der Waals surface area (Å²) in [4.78, 5) is 0. The monoisotopic (exact) mass is 733 g/mol. The number of nitrogens with one attached hydrogen (secondary N) is 1. The van der Waals surface area contributed by atoms with E-state index in [2.05, 4.69) is 33.0 Å². The molecule has 0 radical (unpaired) electrons. The highest BCUT2D eigenvalue weighted by atomic mass is 16.5. The number of hydrogen-bond donors (Lipinski definition) is 4. The van der Waals surface area contributed by atoms with Crippen LogP contribution in [0.3, 0.4) is 0 Å². The molecule has 52 heavy (non-hydrogen) atoms. The maximum Gasteiger partial charge on any atom is 0.0637 e. The molecular formula is C45H88N4O3. The molecule has 4 aliphatic rings. The Kier molecular flexibility index (Phi) is 20.3. The Bertz CT molecular complexity index is 940. The first-order valence-electron chi connectivity index (χ1n) is 23.0. The molecule has 0 aromatic rings. The second-order valence-electron chi connectivity index (χ2n) is 18.5. The molecule has 0 amide bonds. The van der Waals surface area contributed by atoms with Gasteiger partial charge in [0.25, 0.3) is 0 Å². The van der Waals surface area contributed by atoms with Crippen molar-refractivity contribution in [3.63, 3.8) is 0 Å². The van der Waals surface area contributed by atoms with Crippen molar-refractivity contribution in [2.24, 2.45) is 63.5 Å². The topological polar surface area (TPSA) is 118 Å². The summed E-state index contributed by atoms with van der Waals surface area (Å²) in [5, 5.41) is 3.80. The molecule has 0 bridgehead atoms. The zero-order valence-corrected chi connectivity index (χ0v) is 34.9. The first-order valence-corrected chi connectivity index (χ1v) is 23.0. The Labute approximate surface area is 322 Å². The van der Waals surface area contributed by atoms with Gasteiger partial charge < -0.3 is 36.7 Å². The SMILES string of the molecule is CCCCCCCCCCCCNCCCC(C)[C@H]1CC[C@H]2C3C(OCCCN)CC4C[C@H](OCCCN)CC[C@]4(C)[C@H]3C[C@H](OCCCN)[C@]12C. The molecule has 7 N–H and O–H groups in total. The lowest BCUT2D eigenvalue weighted by Crippen LogP contribution is -2.63. The Balaban J connectivity index is 1.36. The Morgan fingerprint density at radius 3 is 1.94 bits per heavy atom. The Morgan fingerprint density at radius 2 is 1.27 bits per heavy atom. The van der Waals surface area contributed by atoms with Crippen LogP contribution in [0.1, 0.15) is 169 Å². The highest BCUT2D eigenvalue weighted by Gasteiger charge is 2.66. The first kappa shape index (κ1) is 44.4. The molecule has 306 valence electrons. The second-order valence-corrected chi connectivity index (χ2v) is 18.5. The van der Waals surface area contributed by atoms with Gasteiger partial charge in [-0.3, -0.25) is 0 Å². The fourth-order valence-electron chi connectivity index (χ4n) is 12.2. The molecule has 0 aromatic heterocycles. The van der Waals surface area contributed by atoms with Crippen LogP contribution < -0.4 is 22.5 Å². The van der Waals surface area contributed by atoms with Gasteiger partial charge in [-0.1, -0.05) is 85.5 Å². The molecule has 7 heteroatoms. The predicted molar refractivity (Wildman–Crippen MR) is 219 cm³/mol. The van der Waals surface area contributed by atoms with E-state index in [9.17, 15) is 0 Å². The average Bonchev–Trinajstić information content (AvgIpc) is 3.50. The summed E-state index contributed by atoms with van der Waals surface area (Å²) in [6.45, 7) is 17.0. The van der Waals surface area contributed by atoms with E-state index < -0.39 is 0 Å². The lowest BCUT2D eigenvalue weighted by Gasteiger charge is -2.65. The largest absolute Gasteiger partial charge is 0.378 e. The molecule has 4 aliphatic carbocycles. The Hall–Kier alpha value is -0.280. The third kappa shape index (κ3) is 11.9. The fraction of sp³-hybridized carbons (Fsp3) is 1.00. The summed E-state index contributed by atoms with van der Waals surface area (Å²) in [6.07, 6.45) is 29.1. The van der Waals surface area contributed by atoms with Gasteiger partial charge in [-0.05, 0) is 157 Å². The number of unbranched alkanes of at least 4 members (excludes halogenated alkanes) is 9. The highest BCUT2D eigenvalue weighted by molar-refractivity contribution is 5.15. The molecule has 0 aliphatic heterocycles. The highest BCUT2D eigenvalue weighted by Crippen LogP contribution is 2.69. The predicted octanol–water partition coefficient (Wildman–Crippen LogP) is 8.99. The molecule has 0 saturated heterocycles. The summed E-state index contributed by atoms with van der Waals surface area (Å²) >= 11 is 0.